The van der Waals surface area contributed by atoms with Crippen LogP contribution in [0.15, 0.2) is 47.0 Å². The summed E-state index contributed by atoms with van der Waals surface area (Å²) in [6.07, 6.45) is -4.81. The van der Waals surface area contributed by atoms with Crippen LogP contribution >= 0.6 is 0 Å². The summed E-state index contributed by atoms with van der Waals surface area (Å²) in [6.45, 7) is 2.20. The van der Waals surface area contributed by atoms with Crippen molar-refractivity contribution in [3.63, 3.8) is 0 Å². The summed E-state index contributed by atoms with van der Waals surface area (Å²) in [5.74, 6) is -1.69. The summed E-state index contributed by atoms with van der Waals surface area (Å²) in [7, 11) is 0. The standard InChI is InChI=1S/C22H18F4N6O3/c23-15-10-12(31-5-7-34-8-6-31)1-3-16(15)28-21(33)17-11-19(22(24,25)26)29-32(17)13-2-4-18-14(9-13)20(27)30-35-18/h1-4,9-11H,5-8H2,(H2,27,30)(H,28,33). The molecular formula is C22H18F4N6O3. The van der Waals surface area contributed by atoms with E-state index in [2.05, 4.69) is 15.6 Å². The number of amides is 1. The SMILES string of the molecule is Nc1noc2ccc(-n3nc(C(F)(F)F)cc3C(=O)Nc3ccc(N4CCOCC4)cc3F)cc12. The van der Waals surface area contributed by atoms with Gasteiger partial charge in [-0.05, 0) is 36.4 Å². The number of alkyl halides is 3. The van der Waals surface area contributed by atoms with Crippen molar-refractivity contribution in [2.75, 3.05) is 42.3 Å². The Morgan fingerprint density at radius 1 is 1.06 bits per heavy atom. The highest BCUT2D eigenvalue weighted by Crippen LogP contribution is 2.31. The zero-order valence-electron chi connectivity index (χ0n) is 18.0. The molecule has 2 aromatic carbocycles. The molecule has 0 unspecified atom stereocenters. The van der Waals surface area contributed by atoms with Crippen molar-refractivity contribution in [3.8, 4) is 5.69 Å². The highest BCUT2D eigenvalue weighted by Gasteiger charge is 2.36. The smallest absolute Gasteiger partial charge is 0.380 e. The van der Waals surface area contributed by atoms with Crippen LogP contribution in [0.5, 0.6) is 0 Å². The number of nitrogens with two attached hydrogens (primary N) is 1. The highest BCUT2D eigenvalue weighted by molar-refractivity contribution is 6.04. The Bertz CT molecular complexity index is 1410. The lowest BCUT2D eigenvalue weighted by atomic mass is 10.2. The number of halogens is 4. The van der Waals surface area contributed by atoms with Crippen LogP contribution in [-0.2, 0) is 10.9 Å². The first-order valence-electron chi connectivity index (χ1n) is 10.5. The van der Waals surface area contributed by atoms with E-state index in [1.807, 2.05) is 4.90 Å². The fraction of sp³-hybridized carbons (Fsp3) is 0.227. The second kappa shape index (κ2) is 8.58. The van der Waals surface area contributed by atoms with Crippen molar-refractivity contribution in [2.45, 2.75) is 6.18 Å². The van der Waals surface area contributed by atoms with Gasteiger partial charge in [-0.2, -0.15) is 18.3 Å². The third-order valence-electron chi connectivity index (χ3n) is 5.54. The van der Waals surface area contributed by atoms with Crippen LogP contribution in [0.2, 0.25) is 0 Å². The third-order valence-corrected chi connectivity index (χ3v) is 5.54. The van der Waals surface area contributed by atoms with Gasteiger partial charge in [-0.1, -0.05) is 5.16 Å². The van der Waals surface area contributed by atoms with Gasteiger partial charge in [-0.25, -0.2) is 9.07 Å². The van der Waals surface area contributed by atoms with Crippen molar-refractivity contribution < 1.29 is 31.6 Å². The van der Waals surface area contributed by atoms with Gasteiger partial charge >= 0.3 is 6.18 Å². The molecule has 3 N–H and O–H groups in total. The lowest BCUT2D eigenvalue weighted by Crippen LogP contribution is -2.36. The van der Waals surface area contributed by atoms with Gasteiger partial charge in [0, 0.05) is 24.8 Å². The van der Waals surface area contributed by atoms with Crippen molar-refractivity contribution >= 4 is 34.1 Å². The molecule has 9 nitrogen and oxygen atoms in total. The number of hydrogen-bond acceptors (Lipinski definition) is 7. The molecule has 3 heterocycles. The van der Waals surface area contributed by atoms with Crippen LogP contribution in [-0.4, -0.2) is 47.1 Å². The van der Waals surface area contributed by atoms with Crippen molar-refractivity contribution in [1.82, 2.24) is 14.9 Å². The van der Waals surface area contributed by atoms with Crippen LogP contribution in [0, 0.1) is 5.82 Å². The summed E-state index contributed by atoms with van der Waals surface area (Å²) in [5, 5.41) is 9.83. The molecule has 0 spiro atoms. The fourth-order valence-corrected chi connectivity index (χ4v) is 3.77. The first-order chi connectivity index (χ1) is 16.7. The number of aromatic nitrogens is 3. The number of benzene rings is 2. The second-order valence-corrected chi connectivity index (χ2v) is 7.79. The zero-order chi connectivity index (χ0) is 24.7. The second-order valence-electron chi connectivity index (χ2n) is 7.79. The molecule has 1 saturated heterocycles. The highest BCUT2D eigenvalue weighted by atomic mass is 19.4. The maximum absolute atomic E-state index is 14.8. The number of nitrogen functional groups attached to an aromatic ring is 1. The Labute approximate surface area is 195 Å². The summed E-state index contributed by atoms with van der Waals surface area (Å²) in [4.78, 5) is 14.9. The molecule has 5 rings (SSSR count). The lowest BCUT2D eigenvalue weighted by Gasteiger charge is -2.29. The van der Waals surface area contributed by atoms with Crippen LogP contribution in [0.3, 0.4) is 0 Å². The van der Waals surface area contributed by atoms with Crippen LogP contribution in [0.4, 0.5) is 34.8 Å². The van der Waals surface area contributed by atoms with E-state index in [1.54, 1.807) is 6.07 Å². The van der Waals surface area contributed by atoms with Gasteiger partial charge in [-0.3, -0.25) is 4.79 Å². The van der Waals surface area contributed by atoms with Crippen molar-refractivity contribution in [1.29, 1.82) is 0 Å². The molecule has 1 aliphatic rings. The minimum absolute atomic E-state index is 0.0264. The van der Waals surface area contributed by atoms with Gasteiger partial charge in [0.2, 0.25) is 0 Å². The number of fused-ring (bicyclic) bond motifs is 1. The van der Waals surface area contributed by atoms with E-state index in [9.17, 15) is 22.4 Å². The molecule has 4 aromatic rings. The van der Waals surface area contributed by atoms with Gasteiger partial charge in [0.1, 0.15) is 11.5 Å². The number of ether oxygens (including phenoxy) is 1. The molecule has 0 atom stereocenters. The van der Waals surface area contributed by atoms with Gasteiger partial charge in [0.05, 0.1) is 30.0 Å². The maximum Gasteiger partial charge on any atom is 0.435 e. The molecule has 0 saturated carbocycles. The number of anilines is 3. The number of nitrogens with zero attached hydrogens (tertiary/aromatic N) is 4. The average molecular weight is 490 g/mol. The van der Waals surface area contributed by atoms with E-state index < -0.39 is 29.3 Å². The van der Waals surface area contributed by atoms with E-state index in [1.165, 1.54) is 30.3 Å². The molecule has 0 aliphatic carbocycles. The average Bonchev–Trinajstić information content (AvgIpc) is 3.45. The molecule has 0 bridgehead atoms. The van der Waals surface area contributed by atoms with E-state index in [0.29, 0.717) is 49.0 Å². The van der Waals surface area contributed by atoms with Crippen LogP contribution in [0.25, 0.3) is 16.7 Å². The van der Waals surface area contributed by atoms with Gasteiger partial charge in [0.15, 0.2) is 17.1 Å². The number of carbonyl (C=O) groups excluding carboxylic acids is 1. The van der Waals surface area contributed by atoms with Crippen LogP contribution < -0.4 is 16.0 Å². The van der Waals surface area contributed by atoms with Crippen molar-refractivity contribution in [2.24, 2.45) is 0 Å². The molecule has 0 radical (unpaired) electrons. The Morgan fingerprint density at radius 2 is 1.80 bits per heavy atom. The third kappa shape index (κ3) is 4.37. The molecule has 2 aromatic heterocycles. The normalized spacial score (nSPS) is 14.5. The number of rotatable bonds is 4. The molecule has 35 heavy (non-hydrogen) atoms. The quantitative estimate of drug-likeness (QED) is 0.418. The Hall–Kier alpha value is -4.13. The summed E-state index contributed by atoms with van der Waals surface area (Å²) < 4.78 is 66.1. The zero-order valence-corrected chi connectivity index (χ0v) is 18.0. The van der Waals surface area contributed by atoms with E-state index in [4.69, 9.17) is 15.0 Å². The summed E-state index contributed by atoms with van der Waals surface area (Å²) in [6, 6.07) is 9.04. The molecular weight excluding hydrogens is 472 g/mol. The Balaban J connectivity index is 1.48. The minimum Gasteiger partial charge on any atom is -0.380 e. The van der Waals surface area contributed by atoms with Gasteiger partial charge in [-0.15, -0.1) is 0 Å². The number of carbonyl (C=O) groups is 1. The fourth-order valence-electron chi connectivity index (χ4n) is 3.77. The summed E-state index contributed by atoms with van der Waals surface area (Å²) >= 11 is 0. The molecule has 182 valence electrons. The topological polar surface area (TPSA) is 111 Å². The van der Waals surface area contributed by atoms with E-state index >= 15 is 0 Å². The maximum atomic E-state index is 14.8. The largest absolute Gasteiger partial charge is 0.435 e. The lowest BCUT2D eigenvalue weighted by molar-refractivity contribution is -0.141. The van der Waals surface area contributed by atoms with Gasteiger partial charge < -0.3 is 25.2 Å². The summed E-state index contributed by atoms with van der Waals surface area (Å²) in [5.41, 5.74) is 4.82. The Morgan fingerprint density at radius 3 is 2.51 bits per heavy atom. The minimum atomic E-state index is -4.81. The number of nitrogens with one attached hydrogen (secondary N) is 1. The monoisotopic (exact) mass is 490 g/mol. The van der Waals surface area contributed by atoms with E-state index in [-0.39, 0.29) is 17.2 Å². The number of hydrogen-bond donors (Lipinski definition) is 2. The predicted molar refractivity (Wildman–Crippen MR) is 118 cm³/mol. The first-order valence-corrected chi connectivity index (χ1v) is 10.5. The molecule has 1 fully saturated rings. The first kappa shape index (κ1) is 22.7. The van der Waals surface area contributed by atoms with Crippen LogP contribution in [0.1, 0.15) is 16.2 Å². The predicted octanol–water partition coefficient (Wildman–Crippen LogP) is 3.84. The molecule has 1 aliphatic heterocycles. The van der Waals surface area contributed by atoms with E-state index in [0.717, 1.165) is 4.68 Å². The number of morpholine rings is 1. The molecule has 1 amide bonds. The Kier molecular flexibility index (Phi) is 5.55. The molecule has 13 heteroatoms. The van der Waals surface area contributed by atoms with Gasteiger partial charge in [0.25, 0.3) is 5.91 Å². The van der Waals surface area contributed by atoms with Crippen molar-refractivity contribution in [3.05, 3.63) is 59.7 Å².